The van der Waals surface area contributed by atoms with Crippen LogP contribution in [0, 0.1) is 0 Å². The van der Waals surface area contributed by atoms with Gasteiger partial charge in [0.25, 0.3) is 10.1 Å². The molecule has 3 aromatic heterocycles. The summed E-state index contributed by atoms with van der Waals surface area (Å²) >= 11 is 0. The Labute approximate surface area is 213 Å². The quantitative estimate of drug-likeness (QED) is 0.200. The summed E-state index contributed by atoms with van der Waals surface area (Å²) in [6, 6.07) is 20.0. The van der Waals surface area contributed by atoms with Gasteiger partial charge in [0.15, 0.2) is 0 Å². The molecule has 8 bridgehead atoms. The van der Waals surface area contributed by atoms with E-state index >= 15 is 0 Å². The van der Waals surface area contributed by atoms with Gasteiger partial charge in [0.05, 0.1) is 33.8 Å². The minimum absolute atomic E-state index is 0. The molecule has 0 unspecified atom stereocenters. The first-order chi connectivity index (χ1) is 16.4. The average Bonchev–Trinajstić information content (AvgIpc) is 3.58. The van der Waals surface area contributed by atoms with Gasteiger partial charge >= 0.3 is 0 Å². The second kappa shape index (κ2) is 8.85. The normalized spacial score (nSPS) is 12.5. The van der Waals surface area contributed by atoms with Crippen molar-refractivity contribution in [3.63, 3.8) is 0 Å². The zero-order chi connectivity index (χ0) is 23.3. The fraction of sp³-hybridized carbons (Fsp3) is 0. The van der Waals surface area contributed by atoms with E-state index in [1.54, 1.807) is 24.3 Å². The van der Waals surface area contributed by atoms with Gasteiger partial charge in [0, 0.05) is 36.1 Å². The SMILES string of the molecule is O=S(=O)(O)c1c(-c2ccccc2)c2cc3nc(cc4nc(cc5ccc(cc1[nH]2)[nH]5)C=C4)C=C3.[Zn]. The third-order valence-electron chi connectivity index (χ3n) is 5.62. The fourth-order valence-electron chi connectivity index (χ4n) is 4.21. The number of hydrogen-bond donors (Lipinski definition) is 3. The maximum Gasteiger partial charge on any atom is 0.297 e. The summed E-state index contributed by atoms with van der Waals surface area (Å²) in [5.41, 5.74) is 6.27. The van der Waals surface area contributed by atoms with Crippen LogP contribution >= 0.6 is 0 Å². The van der Waals surface area contributed by atoms with Crippen LogP contribution in [0.1, 0.15) is 22.8 Å². The number of nitrogens with one attached hydrogen (secondary N) is 2. The van der Waals surface area contributed by atoms with Crippen LogP contribution in [0.25, 0.3) is 57.5 Å². The molecule has 35 heavy (non-hydrogen) atoms. The van der Waals surface area contributed by atoms with Crippen LogP contribution in [-0.4, -0.2) is 32.9 Å². The first-order valence-electron chi connectivity index (χ1n) is 10.6. The van der Waals surface area contributed by atoms with Gasteiger partial charge in [-0.1, -0.05) is 30.3 Å². The van der Waals surface area contributed by atoms with Crippen LogP contribution in [-0.2, 0) is 29.6 Å². The summed E-state index contributed by atoms with van der Waals surface area (Å²) in [5, 5.41) is 0. The average molecular weight is 532 g/mol. The van der Waals surface area contributed by atoms with Crippen LogP contribution in [0.4, 0.5) is 0 Å². The molecule has 3 N–H and O–H groups in total. The minimum atomic E-state index is -4.57. The predicted molar refractivity (Wildman–Crippen MR) is 134 cm³/mol. The molecule has 2 aliphatic rings. The third kappa shape index (κ3) is 4.53. The second-order valence-corrected chi connectivity index (χ2v) is 9.39. The van der Waals surface area contributed by atoms with Gasteiger partial charge in [-0.3, -0.25) is 4.55 Å². The molecule has 4 aromatic rings. The molecule has 2 aliphatic heterocycles. The smallest absolute Gasteiger partial charge is 0.297 e. The van der Waals surface area contributed by atoms with Gasteiger partial charge in [-0.15, -0.1) is 0 Å². The maximum absolute atomic E-state index is 12.6. The van der Waals surface area contributed by atoms with Crippen molar-refractivity contribution in [2.24, 2.45) is 0 Å². The standard InChI is InChI=1S/C26H18N4O3S.Zn/c31-34(32,33)26-24-15-22-11-9-20(29-22)13-18-7-6-17(27-18)12-19-8-10-21(28-19)14-23(30-24)25(26)16-4-2-1-3-5-16;/h1-15,29-30H,(H,31,32,33);. The molecule has 0 fully saturated rings. The van der Waals surface area contributed by atoms with E-state index in [1.807, 2.05) is 66.8 Å². The Morgan fingerprint density at radius 1 is 0.657 bits per heavy atom. The molecule has 0 radical (unpaired) electrons. The van der Waals surface area contributed by atoms with E-state index in [9.17, 15) is 13.0 Å². The molecular weight excluding hydrogens is 514 g/mol. The van der Waals surface area contributed by atoms with Gasteiger partial charge in [-0.05, 0) is 66.3 Å². The van der Waals surface area contributed by atoms with Crippen LogP contribution in [0.5, 0.6) is 0 Å². The Hall–Kier alpha value is -3.65. The molecule has 6 rings (SSSR count). The molecule has 1 aromatic carbocycles. The van der Waals surface area contributed by atoms with Crippen LogP contribution < -0.4 is 0 Å². The largest absolute Gasteiger partial charge is 0.355 e. The Kier molecular flexibility index (Phi) is 5.85. The molecule has 0 saturated heterocycles. The van der Waals surface area contributed by atoms with Crippen LogP contribution in [0.3, 0.4) is 0 Å². The van der Waals surface area contributed by atoms with Crippen molar-refractivity contribution in [2.75, 3.05) is 0 Å². The monoisotopic (exact) mass is 530 g/mol. The molecule has 7 nitrogen and oxygen atoms in total. The molecule has 0 spiro atoms. The number of nitrogens with zero attached hydrogens (tertiary/aromatic N) is 2. The summed E-state index contributed by atoms with van der Waals surface area (Å²) in [6.07, 6.45) is 7.58. The molecule has 5 heterocycles. The number of benzene rings is 1. The molecular formula is C26H18N4O3SZn. The van der Waals surface area contributed by atoms with Crippen molar-refractivity contribution in [3.8, 4) is 11.1 Å². The van der Waals surface area contributed by atoms with Crippen LogP contribution in [0.15, 0.2) is 71.6 Å². The number of hydrogen-bond acceptors (Lipinski definition) is 4. The number of fused-ring (bicyclic) bond motifs is 8. The van der Waals surface area contributed by atoms with E-state index in [4.69, 9.17) is 0 Å². The van der Waals surface area contributed by atoms with E-state index in [0.29, 0.717) is 27.9 Å². The number of aromatic amines is 2. The van der Waals surface area contributed by atoms with Gasteiger partial charge in [0.1, 0.15) is 4.90 Å². The Bertz CT molecular complexity index is 1790. The van der Waals surface area contributed by atoms with Crippen molar-refractivity contribution in [3.05, 3.63) is 89.5 Å². The number of H-pyrrole nitrogens is 2. The predicted octanol–water partition coefficient (Wildman–Crippen LogP) is 5.57. The zero-order valence-electron chi connectivity index (χ0n) is 18.4. The second-order valence-electron chi connectivity index (χ2n) is 8.03. The minimum Gasteiger partial charge on any atom is -0.355 e. The van der Waals surface area contributed by atoms with Gasteiger partial charge < -0.3 is 9.97 Å². The molecule has 0 saturated carbocycles. The van der Waals surface area contributed by atoms with Crippen LogP contribution in [0.2, 0.25) is 0 Å². The first-order valence-corrected chi connectivity index (χ1v) is 12.0. The Morgan fingerprint density at radius 2 is 1.23 bits per heavy atom. The maximum atomic E-state index is 12.6. The van der Waals surface area contributed by atoms with Gasteiger partial charge in [-0.25, -0.2) is 9.97 Å². The summed E-state index contributed by atoms with van der Waals surface area (Å²) in [4.78, 5) is 15.5. The van der Waals surface area contributed by atoms with Crippen molar-refractivity contribution in [1.82, 2.24) is 19.9 Å². The van der Waals surface area contributed by atoms with Crippen molar-refractivity contribution < 1.29 is 32.4 Å². The Balaban J connectivity index is 0.00000253. The van der Waals surface area contributed by atoms with Crippen molar-refractivity contribution >= 4 is 56.5 Å². The van der Waals surface area contributed by atoms with Crippen molar-refractivity contribution in [1.29, 1.82) is 0 Å². The number of rotatable bonds is 2. The van der Waals surface area contributed by atoms with Gasteiger partial charge in [-0.2, -0.15) is 8.42 Å². The van der Waals surface area contributed by atoms with E-state index in [1.165, 1.54) is 0 Å². The zero-order valence-corrected chi connectivity index (χ0v) is 22.2. The summed E-state index contributed by atoms with van der Waals surface area (Å²) in [5.74, 6) is 0. The van der Waals surface area contributed by atoms with Gasteiger partial charge in [0.2, 0.25) is 0 Å². The van der Waals surface area contributed by atoms with Crippen molar-refractivity contribution in [2.45, 2.75) is 4.90 Å². The summed E-state index contributed by atoms with van der Waals surface area (Å²) < 4.78 is 35.4. The molecule has 9 heteroatoms. The third-order valence-corrected chi connectivity index (χ3v) is 6.56. The Morgan fingerprint density at radius 3 is 1.86 bits per heavy atom. The fourth-order valence-corrected chi connectivity index (χ4v) is 5.09. The molecule has 168 valence electrons. The molecule has 0 aliphatic carbocycles. The topological polar surface area (TPSA) is 112 Å². The number of aromatic nitrogens is 4. The van der Waals surface area contributed by atoms with E-state index in [0.717, 1.165) is 22.6 Å². The summed E-state index contributed by atoms with van der Waals surface area (Å²) in [7, 11) is -4.57. The van der Waals surface area contributed by atoms with E-state index < -0.39 is 10.1 Å². The molecule has 0 atom stereocenters. The first kappa shape index (κ1) is 23.1. The van der Waals surface area contributed by atoms with E-state index in [2.05, 4.69) is 19.9 Å². The van der Waals surface area contributed by atoms with E-state index in [-0.39, 0.29) is 29.9 Å². The summed E-state index contributed by atoms with van der Waals surface area (Å²) in [6.45, 7) is 0. The molecule has 0 amide bonds.